The Kier molecular flexibility index (Phi) is 4.32. The fourth-order valence-electron chi connectivity index (χ4n) is 2.37. The Hall–Kier alpha value is -1.68. The van der Waals surface area contributed by atoms with E-state index in [0.29, 0.717) is 17.7 Å². The highest BCUT2D eigenvalue weighted by Crippen LogP contribution is 2.22. The lowest BCUT2D eigenvalue weighted by Gasteiger charge is -2.13. The predicted octanol–water partition coefficient (Wildman–Crippen LogP) is 0.597. The highest BCUT2D eigenvalue weighted by Gasteiger charge is 2.34. The highest BCUT2D eigenvalue weighted by atomic mass is 16.2. The van der Waals surface area contributed by atoms with Crippen LogP contribution in [0.3, 0.4) is 0 Å². The zero-order chi connectivity index (χ0) is 13.8. The Morgan fingerprint density at radius 1 is 0.947 bits per heavy atom. The lowest BCUT2D eigenvalue weighted by molar-refractivity contribution is -0.858. The highest BCUT2D eigenvalue weighted by molar-refractivity contribution is 6.21. The average molecular weight is 261 g/mol. The maximum Gasteiger partial charge on any atom is 0.261 e. The Balaban J connectivity index is 1.87. The van der Waals surface area contributed by atoms with Gasteiger partial charge < -0.3 is 4.90 Å². The van der Waals surface area contributed by atoms with E-state index in [1.165, 1.54) is 9.80 Å². The van der Waals surface area contributed by atoms with E-state index in [0.717, 1.165) is 25.8 Å². The first-order valence-electron chi connectivity index (χ1n) is 6.85. The molecule has 0 spiro atoms. The molecule has 102 valence electrons. The topological polar surface area (TPSA) is 41.8 Å². The van der Waals surface area contributed by atoms with Gasteiger partial charge in [-0.15, -0.1) is 0 Å². The summed E-state index contributed by atoms with van der Waals surface area (Å²) in [5.74, 6) is -0.280. The molecular formula is C15H21N2O2+. The molecule has 1 aliphatic rings. The molecule has 1 aromatic carbocycles. The van der Waals surface area contributed by atoms with Crippen molar-refractivity contribution >= 4 is 11.8 Å². The van der Waals surface area contributed by atoms with Crippen molar-refractivity contribution in [1.29, 1.82) is 0 Å². The number of unbranched alkanes of at least 4 members (excludes halogenated alkanes) is 2. The van der Waals surface area contributed by atoms with Gasteiger partial charge in [0.15, 0.2) is 0 Å². The van der Waals surface area contributed by atoms with Crippen LogP contribution in [-0.2, 0) is 0 Å². The second-order valence-electron chi connectivity index (χ2n) is 5.33. The van der Waals surface area contributed by atoms with Crippen LogP contribution in [0.25, 0.3) is 0 Å². The van der Waals surface area contributed by atoms with Crippen LogP contribution in [0.1, 0.15) is 40.0 Å². The molecule has 0 saturated carbocycles. The van der Waals surface area contributed by atoms with E-state index < -0.39 is 0 Å². The van der Waals surface area contributed by atoms with Crippen LogP contribution in [0.5, 0.6) is 0 Å². The molecule has 0 bridgehead atoms. The maximum atomic E-state index is 12.1. The molecule has 0 unspecified atom stereocenters. The molecule has 2 rings (SSSR count). The summed E-state index contributed by atoms with van der Waals surface area (Å²) in [7, 11) is 4.26. The molecule has 0 fully saturated rings. The third-order valence-electron chi connectivity index (χ3n) is 3.44. The van der Waals surface area contributed by atoms with Crippen molar-refractivity contribution in [2.24, 2.45) is 0 Å². The normalized spacial score (nSPS) is 14.4. The molecule has 4 nitrogen and oxygen atoms in total. The predicted molar refractivity (Wildman–Crippen MR) is 73.3 cm³/mol. The number of carbonyl (C=O) groups is 2. The second kappa shape index (κ2) is 5.97. The van der Waals surface area contributed by atoms with Crippen molar-refractivity contribution in [2.45, 2.75) is 19.3 Å². The number of benzene rings is 1. The number of hydrogen-bond donors (Lipinski definition) is 1. The fraction of sp³-hybridized carbons (Fsp3) is 0.467. The minimum atomic E-state index is -0.140. The summed E-state index contributed by atoms with van der Waals surface area (Å²) in [5, 5.41) is 0. The Morgan fingerprint density at radius 3 is 2.05 bits per heavy atom. The van der Waals surface area contributed by atoms with Gasteiger partial charge in [-0.25, -0.2) is 0 Å². The number of imide groups is 1. The fourth-order valence-corrected chi connectivity index (χ4v) is 2.37. The zero-order valence-electron chi connectivity index (χ0n) is 11.6. The molecule has 0 radical (unpaired) electrons. The standard InChI is InChI=1S/C15H20N2O2/c1-16(2)10-6-3-7-11-17-14(18)12-8-4-5-9-13(12)15(17)19/h4-5,8-9H,3,6-7,10-11H2,1-2H3/p+1. The summed E-state index contributed by atoms with van der Waals surface area (Å²) >= 11 is 0. The smallest absolute Gasteiger partial charge is 0.261 e. The monoisotopic (exact) mass is 261 g/mol. The Bertz CT molecular complexity index is 448. The molecule has 19 heavy (non-hydrogen) atoms. The first-order valence-corrected chi connectivity index (χ1v) is 6.85. The van der Waals surface area contributed by atoms with E-state index in [1.807, 2.05) is 0 Å². The van der Waals surface area contributed by atoms with E-state index in [1.54, 1.807) is 24.3 Å². The van der Waals surface area contributed by atoms with Gasteiger partial charge in [0, 0.05) is 6.54 Å². The Morgan fingerprint density at radius 2 is 1.53 bits per heavy atom. The number of rotatable bonds is 6. The summed E-state index contributed by atoms with van der Waals surface area (Å²) in [6, 6.07) is 7.05. The number of amides is 2. The van der Waals surface area contributed by atoms with E-state index in [4.69, 9.17) is 0 Å². The van der Waals surface area contributed by atoms with Crippen LogP contribution >= 0.6 is 0 Å². The molecule has 0 aromatic heterocycles. The molecule has 1 N–H and O–H groups in total. The van der Waals surface area contributed by atoms with Gasteiger partial charge in [-0.1, -0.05) is 12.1 Å². The SMILES string of the molecule is C[NH+](C)CCCCCN1C(=O)c2ccccc2C1=O. The van der Waals surface area contributed by atoms with Crippen molar-refractivity contribution in [3.05, 3.63) is 35.4 Å². The molecular weight excluding hydrogens is 240 g/mol. The van der Waals surface area contributed by atoms with Gasteiger partial charge >= 0.3 is 0 Å². The second-order valence-corrected chi connectivity index (χ2v) is 5.33. The number of hydrogen-bond acceptors (Lipinski definition) is 2. The van der Waals surface area contributed by atoms with Crippen LogP contribution in [0.15, 0.2) is 24.3 Å². The number of carbonyl (C=O) groups excluding carboxylic acids is 2. The third-order valence-corrected chi connectivity index (χ3v) is 3.44. The quantitative estimate of drug-likeness (QED) is 0.602. The van der Waals surface area contributed by atoms with Crippen LogP contribution in [0.2, 0.25) is 0 Å². The summed E-state index contributed by atoms with van der Waals surface area (Å²) < 4.78 is 0. The van der Waals surface area contributed by atoms with Crippen LogP contribution in [0, 0.1) is 0 Å². The van der Waals surface area contributed by atoms with E-state index >= 15 is 0 Å². The molecule has 1 heterocycles. The van der Waals surface area contributed by atoms with Gasteiger partial charge in [-0.3, -0.25) is 14.5 Å². The van der Waals surface area contributed by atoms with Crippen LogP contribution in [0.4, 0.5) is 0 Å². The first-order chi connectivity index (χ1) is 9.11. The minimum Gasteiger partial charge on any atom is -0.340 e. The van der Waals surface area contributed by atoms with Gasteiger partial charge in [0.1, 0.15) is 0 Å². The van der Waals surface area contributed by atoms with Crippen molar-refractivity contribution in [3.8, 4) is 0 Å². The zero-order valence-corrected chi connectivity index (χ0v) is 11.6. The minimum absolute atomic E-state index is 0.140. The summed E-state index contributed by atoms with van der Waals surface area (Å²) in [5.41, 5.74) is 1.09. The van der Waals surface area contributed by atoms with Gasteiger partial charge in [0.2, 0.25) is 0 Å². The lowest BCUT2D eigenvalue weighted by Crippen LogP contribution is -3.05. The van der Waals surface area contributed by atoms with Gasteiger partial charge in [-0.2, -0.15) is 0 Å². The van der Waals surface area contributed by atoms with Gasteiger partial charge in [0.25, 0.3) is 11.8 Å². The Labute approximate surface area is 114 Å². The van der Waals surface area contributed by atoms with Crippen molar-refractivity contribution in [2.75, 3.05) is 27.2 Å². The lowest BCUT2D eigenvalue weighted by atomic mass is 10.1. The van der Waals surface area contributed by atoms with Crippen molar-refractivity contribution < 1.29 is 14.5 Å². The largest absolute Gasteiger partial charge is 0.340 e. The van der Waals surface area contributed by atoms with E-state index in [-0.39, 0.29) is 11.8 Å². The molecule has 1 aliphatic heterocycles. The maximum absolute atomic E-state index is 12.1. The van der Waals surface area contributed by atoms with E-state index in [9.17, 15) is 9.59 Å². The third kappa shape index (κ3) is 3.01. The molecule has 0 aliphatic carbocycles. The number of nitrogens with zero attached hydrogens (tertiary/aromatic N) is 1. The molecule has 4 heteroatoms. The van der Waals surface area contributed by atoms with Crippen molar-refractivity contribution in [3.63, 3.8) is 0 Å². The molecule has 2 amide bonds. The van der Waals surface area contributed by atoms with Crippen molar-refractivity contribution in [1.82, 2.24) is 4.90 Å². The van der Waals surface area contributed by atoms with E-state index in [2.05, 4.69) is 14.1 Å². The summed E-state index contributed by atoms with van der Waals surface area (Å²) in [6.07, 6.45) is 3.07. The molecule has 0 saturated heterocycles. The molecule has 1 aromatic rings. The van der Waals surface area contributed by atoms with Crippen LogP contribution < -0.4 is 4.90 Å². The molecule has 0 atom stereocenters. The van der Waals surface area contributed by atoms with Crippen LogP contribution in [-0.4, -0.2) is 43.9 Å². The summed E-state index contributed by atoms with van der Waals surface area (Å²) in [6.45, 7) is 1.66. The number of nitrogens with one attached hydrogen (secondary N) is 1. The number of quaternary nitrogens is 1. The average Bonchev–Trinajstić information content (AvgIpc) is 2.63. The van der Waals surface area contributed by atoms with Gasteiger partial charge in [0.05, 0.1) is 31.8 Å². The first kappa shape index (κ1) is 13.7. The summed E-state index contributed by atoms with van der Waals surface area (Å²) in [4.78, 5) is 27.0. The number of fused-ring (bicyclic) bond motifs is 1. The van der Waals surface area contributed by atoms with Gasteiger partial charge in [-0.05, 0) is 31.4 Å².